The zero-order valence-corrected chi connectivity index (χ0v) is 10.3. The van der Waals surface area contributed by atoms with E-state index in [0.717, 1.165) is 12.8 Å². The van der Waals surface area contributed by atoms with Crippen molar-refractivity contribution < 1.29 is 13.9 Å². The van der Waals surface area contributed by atoms with Crippen molar-refractivity contribution in [2.45, 2.75) is 44.7 Å². The van der Waals surface area contributed by atoms with Gasteiger partial charge < -0.3 is 9.47 Å². The summed E-state index contributed by atoms with van der Waals surface area (Å²) < 4.78 is 25.4. The highest BCUT2D eigenvalue weighted by Crippen LogP contribution is 2.42. The van der Waals surface area contributed by atoms with Crippen LogP contribution < -0.4 is 0 Å². The summed E-state index contributed by atoms with van der Waals surface area (Å²) in [6.07, 6.45) is 0.684. The Hall–Kier alpha value is -0.930. The summed E-state index contributed by atoms with van der Waals surface area (Å²) >= 11 is 0. The largest absolute Gasteiger partial charge is 0.344 e. The molecule has 0 saturated carbocycles. The summed E-state index contributed by atoms with van der Waals surface area (Å²) in [5.74, 6) is -0.878. The number of halogens is 1. The summed E-state index contributed by atoms with van der Waals surface area (Å²) in [6.45, 7) is 7.91. The normalized spacial score (nSPS) is 27.3. The van der Waals surface area contributed by atoms with Crippen molar-refractivity contribution in [2.75, 3.05) is 0 Å². The van der Waals surface area contributed by atoms with Crippen LogP contribution in [-0.2, 0) is 9.47 Å². The highest BCUT2D eigenvalue weighted by Gasteiger charge is 2.44. The Labute approximate surface area is 102 Å². The van der Waals surface area contributed by atoms with Crippen LogP contribution in [0.25, 0.3) is 0 Å². The molecule has 2 rings (SSSR count). The molecule has 1 aliphatic heterocycles. The van der Waals surface area contributed by atoms with Crippen molar-refractivity contribution >= 4 is 0 Å². The van der Waals surface area contributed by atoms with Gasteiger partial charge in [0.2, 0.25) is 0 Å². The van der Waals surface area contributed by atoms with Gasteiger partial charge in [-0.2, -0.15) is 0 Å². The van der Waals surface area contributed by atoms with Gasteiger partial charge in [-0.25, -0.2) is 4.39 Å². The lowest BCUT2D eigenvalue weighted by molar-refractivity contribution is -0.177. The molecule has 1 heterocycles. The molecule has 1 aromatic rings. The van der Waals surface area contributed by atoms with E-state index in [1.165, 1.54) is 6.07 Å². The molecule has 1 radical (unpaired) electrons. The highest BCUT2D eigenvalue weighted by molar-refractivity contribution is 5.22. The minimum atomic E-state index is -0.612. The zero-order valence-electron chi connectivity index (χ0n) is 10.3. The van der Waals surface area contributed by atoms with Gasteiger partial charge in [0.25, 0.3) is 0 Å². The average Bonchev–Trinajstić information content (AvgIpc) is 2.68. The Balaban J connectivity index is 2.27. The van der Waals surface area contributed by atoms with Gasteiger partial charge in [0.15, 0.2) is 5.79 Å². The van der Waals surface area contributed by atoms with Crippen LogP contribution in [0.1, 0.15) is 38.4 Å². The number of ether oxygens (including phenoxy) is 2. The maximum Gasteiger partial charge on any atom is 0.169 e. The van der Waals surface area contributed by atoms with Crippen molar-refractivity contribution in [1.82, 2.24) is 0 Å². The van der Waals surface area contributed by atoms with Crippen LogP contribution in [0, 0.1) is 12.7 Å². The number of benzene rings is 1. The maximum absolute atomic E-state index is 13.7. The maximum atomic E-state index is 13.7. The van der Waals surface area contributed by atoms with Crippen molar-refractivity contribution in [3.63, 3.8) is 0 Å². The number of hydrogen-bond acceptors (Lipinski definition) is 2. The summed E-state index contributed by atoms with van der Waals surface area (Å²) in [5, 5.41) is 0. The van der Waals surface area contributed by atoms with Gasteiger partial charge in [0.05, 0.1) is 6.10 Å². The fourth-order valence-electron chi connectivity index (χ4n) is 2.23. The average molecular weight is 237 g/mol. The molecule has 0 aromatic heterocycles. The summed E-state index contributed by atoms with van der Waals surface area (Å²) in [7, 11) is 0. The molecule has 0 unspecified atom stereocenters. The monoisotopic (exact) mass is 237 g/mol. The van der Waals surface area contributed by atoms with Gasteiger partial charge >= 0.3 is 0 Å². The molecule has 0 spiro atoms. The van der Waals surface area contributed by atoms with E-state index in [9.17, 15) is 4.39 Å². The Morgan fingerprint density at radius 2 is 1.88 bits per heavy atom. The van der Waals surface area contributed by atoms with Crippen LogP contribution >= 0.6 is 0 Å². The van der Waals surface area contributed by atoms with Crippen molar-refractivity contribution in [1.29, 1.82) is 0 Å². The van der Waals surface area contributed by atoms with Gasteiger partial charge in [-0.3, -0.25) is 0 Å². The van der Waals surface area contributed by atoms with Crippen molar-refractivity contribution in [2.24, 2.45) is 0 Å². The zero-order chi connectivity index (χ0) is 12.5. The number of hydrogen-bond donors (Lipinski definition) is 0. The fourth-order valence-corrected chi connectivity index (χ4v) is 2.23. The summed E-state index contributed by atoms with van der Waals surface area (Å²) in [5.41, 5.74) is 0.524. The Morgan fingerprint density at radius 3 is 2.41 bits per heavy atom. The van der Waals surface area contributed by atoms with Gasteiger partial charge in [-0.05, 0) is 25.8 Å². The first kappa shape index (κ1) is 12.5. The van der Waals surface area contributed by atoms with E-state index in [4.69, 9.17) is 9.47 Å². The third kappa shape index (κ3) is 2.22. The predicted octanol–water partition coefficient (Wildman–Crippen LogP) is 3.63. The lowest BCUT2D eigenvalue weighted by atomic mass is 10.1. The molecule has 1 aromatic carbocycles. The van der Waals surface area contributed by atoms with Crippen LogP contribution in [0.2, 0.25) is 0 Å². The van der Waals surface area contributed by atoms with Crippen LogP contribution in [0.4, 0.5) is 4.39 Å². The third-order valence-corrected chi connectivity index (χ3v) is 3.33. The molecule has 0 aliphatic carbocycles. The molecule has 1 aliphatic rings. The predicted molar refractivity (Wildman–Crippen MR) is 63.8 cm³/mol. The van der Waals surface area contributed by atoms with E-state index in [1.54, 1.807) is 18.2 Å². The molecule has 2 nitrogen and oxygen atoms in total. The minimum absolute atomic E-state index is 0.266. The van der Waals surface area contributed by atoms with Crippen molar-refractivity contribution in [3.8, 4) is 0 Å². The smallest absolute Gasteiger partial charge is 0.169 e. The lowest BCUT2D eigenvalue weighted by Gasteiger charge is -2.25. The third-order valence-electron chi connectivity index (χ3n) is 3.33. The Morgan fingerprint density at radius 1 is 1.24 bits per heavy atom. The van der Waals surface area contributed by atoms with Gasteiger partial charge in [0, 0.05) is 5.56 Å². The van der Waals surface area contributed by atoms with Gasteiger partial charge in [0.1, 0.15) is 11.9 Å². The molecular formula is C14H18FO2. The molecule has 0 bridgehead atoms. The molecule has 17 heavy (non-hydrogen) atoms. The van der Waals surface area contributed by atoms with E-state index >= 15 is 0 Å². The van der Waals surface area contributed by atoms with Gasteiger partial charge in [-0.1, -0.05) is 32.0 Å². The molecule has 3 heteroatoms. The van der Waals surface area contributed by atoms with E-state index in [0.29, 0.717) is 5.56 Å². The van der Waals surface area contributed by atoms with E-state index in [2.05, 4.69) is 6.92 Å². The second-order valence-corrected chi connectivity index (χ2v) is 4.33. The molecule has 0 amide bonds. The minimum Gasteiger partial charge on any atom is -0.344 e. The second-order valence-electron chi connectivity index (χ2n) is 4.33. The summed E-state index contributed by atoms with van der Waals surface area (Å²) in [4.78, 5) is 0. The van der Waals surface area contributed by atoms with Crippen LogP contribution in [-0.4, -0.2) is 11.9 Å². The van der Waals surface area contributed by atoms with E-state index in [-0.39, 0.29) is 11.9 Å². The fraction of sp³-hybridized carbons (Fsp3) is 0.500. The number of rotatable bonds is 3. The second kappa shape index (κ2) is 4.75. The molecule has 93 valence electrons. The molecule has 2 atom stereocenters. The van der Waals surface area contributed by atoms with Crippen LogP contribution in [0.3, 0.4) is 0 Å². The Bertz CT molecular complexity index is 388. The summed E-state index contributed by atoms with van der Waals surface area (Å²) in [6, 6.07) is 6.62. The van der Waals surface area contributed by atoms with Gasteiger partial charge in [-0.15, -0.1) is 0 Å². The lowest BCUT2D eigenvalue weighted by Crippen LogP contribution is -2.28. The molecule has 0 N–H and O–H groups in total. The molecule has 1 saturated heterocycles. The quantitative estimate of drug-likeness (QED) is 0.799. The molecular weight excluding hydrogens is 219 g/mol. The Kier molecular flexibility index (Phi) is 3.50. The highest BCUT2D eigenvalue weighted by atomic mass is 19.1. The standard InChI is InChI=1S/C14H18FO2/c1-4-14(5-2)16-10(3)13(17-14)11-8-6-7-9-12(11)15/h6-10,13H,3-5H2,1-2H3/t10-,13+/m1/s1. The van der Waals surface area contributed by atoms with Crippen LogP contribution in [0.15, 0.2) is 24.3 Å². The topological polar surface area (TPSA) is 18.5 Å². The van der Waals surface area contributed by atoms with E-state index in [1.807, 2.05) is 13.8 Å². The van der Waals surface area contributed by atoms with Crippen LogP contribution in [0.5, 0.6) is 0 Å². The first-order valence-corrected chi connectivity index (χ1v) is 6.05. The first-order chi connectivity index (χ1) is 8.12. The molecule has 1 fully saturated rings. The van der Waals surface area contributed by atoms with Crippen molar-refractivity contribution in [3.05, 3.63) is 42.6 Å². The first-order valence-electron chi connectivity index (χ1n) is 6.05. The SMILES string of the molecule is [CH2][C@H]1OC(CC)(CC)O[C@@H]1c1ccccc1F. The van der Waals surface area contributed by atoms with E-state index < -0.39 is 11.9 Å².